The molecule has 13 heavy (non-hydrogen) atoms. The number of hydrogen-bond donors (Lipinski definition) is 2. The van der Waals surface area contributed by atoms with Gasteiger partial charge < -0.3 is 10.2 Å². The third-order valence-electron chi connectivity index (χ3n) is 2.83. The summed E-state index contributed by atoms with van der Waals surface area (Å²) in [6.07, 6.45) is 6.02. The smallest absolute Gasteiger partial charge is 0.0558 e. The van der Waals surface area contributed by atoms with E-state index < -0.39 is 0 Å². The van der Waals surface area contributed by atoms with Gasteiger partial charge in [-0.1, -0.05) is 12.8 Å². The van der Waals surface area contributed by atoms with Crippen LogP contribution in [0.2, 0.25) is 0 Å². The molecule has 2 N–H and O–H groups in total. The molecule has 0 aromatic heterocycles. The SMILES string of the molecule is OCCCN(CCO)C1CCCC1. The lowest BCUT2D eigenvalue weighted by molar-refractivity contribution is 0.139. The number of aliphatic hydroxyl groups is 2. The summed E-state index contributed by atoms with van der Waals surface area (Å²) in [5.74, 6) is 0. The quantitative estimate of drug-likeness (QED) is 0.640. The molecule has 0 bridgehead atoms. The first kappa shape index (κ1) is 11.0. The summed E-state index contributed by atoms with van der Waals surface area (Å²) in [7, 11) is 0. The van der Waals surface area contributed by atoms with Gasteiger partial charge in [-0.3, -0.25) is 4.90 Å². The van der Waals surface area contributed by atoms with Gasteiger partial charge in [-0.05, 0) is 19.3 Å². The molecule has 0 atom stereocenters. The highest BCUT2D eigenvalue weighted by Crippen LogP contribution is 2.23. The van der Waals surface area contributed by atoms with Crippen LogP contribution >= 0.6 is 0 Å². The molecular formula is C10H21NO2. The van der Waals surface area contributed by atoms with Gasteiger partial charge in [0, 0.05) is 25.7 Å². The molecule has 3 heteroatoms. The monoisotopic (exact) mass is 187 g/mol. The molecule has 1 aliphatic rings. The van der Waals surface area contributed by atoms with Crippen molar-refractivity contribution in [3.8, 4) is 0 Å². The highest BCUT2D eigenvalue weighted by atomic mass is 16.3. The molecule has 1 rings (SSSR count). The fourth-order valence-corrected chi connectivity index (χ4v) is 2.15. The third kappa shape index (κ3) is 3.63. The molecule has 1 fully saturated rings. The molecular weight excluding hydrogens is 166 g/mol. The fourth-order valence-electron chi connectivity index (χ4n) is 2.15. The number of rotatable bonds is 6. The Morgan fingerprint density at radius 1 is 1.00 bits per heavy atom. The Hall–Kier alpha value is -0.120. The second-order valence-electron chi connectivity index (χ2n) is 3.78. The normalized spacial score (nSPS) is 18.7. The Kier molecular flexibility index (Phi) is 5.35. The maximum Gasteiger partial charge on any atom is 0.0558 e. The van der Waals surface area contributed by atoms with E-state index in [1.807, 2.05) is 0 Å². The van der Waals surface area contributed by atoms with Crippen LogP contribution in [0.15, 0.2) is 0 Å². The van der Waals surface area contributed by atoms with Crippen molar-refractivity contribution in [2.24, 2.45) is 0 Å². The molecule has 0 unspecified atom stereocenters. The van der Waals surface area contributed by atoms with Gasteiger partial charge in [-0.25, -0.2) is 0 Å². The summed E-state index contributed by atoms with van der Waals surface area (Å²) in [4.78, 5) is 2.32. The van der Waals surface area contributed by atoms with E-state index in [4.69, 9.17) is 10.2 Å². The largest absolute Gasteiger partial charge is 0.396 e. The second kappa shape index (κ2) is 6.35. The molecule has 1 saturated carbocycles. The molecule has 0 aliphatic heterocycles. The number of aliphatic hydroxyl groups excluding tert-OH is 2. The predicted octanol–water partition coefficient (Wildman–Crippen LogP) is 0.606. The van der Waals surface area contributed by atoms with E-state index in [-0.39, 0.29) is 13.2 Å². The number of hydrogen-bond acceptors (Lipinski definition) is 3. The lowest BCUT2D eigenvalue weighted by atomic mass is 10.2. The first-order chi connectivity index (χ1) is 6.38. The van der Waals surface area contributed by atoms with E-state index in [1.54, 1.807) is 0 Å². The van der Waals surface area contributed by atoms with Crippen molar-refractivity contribution in [2.45, 2.75) is 38.1 Å². The van der Waals surface area contributed by atoms with Crippen molar-refractivity contribution >= 4 is 0 Å². The minimum Gasteiger partial charge on any atom is -0.396 e. The average molecular weight is 187 g/mol. The standard InChI is InChI=1S/C10H21NO2/c12-8-3-6-11(7-9-13)10-4-1-2-5-10/h10,12-13H,1-9H2. The lowest BCUT2D eigenvalue weighted by Crippen LogP contribution is -2.36. The summed E-state index contributed by atoms with van der Waals surface area (Å²) >= 11 is 0. The van der Waals surface area contributed by atoms with Crippen molar-refractivity contribution in [3.05, 3.63) is 0 Å². The van der Waals surface area contributed by atoms with Crippen LogP contribution in [0, 0.1) is 0 Å². The summed E-state index contributed by atoms with van der Waals surface area (Å²) in [5, 5.41) is 17.6. The Morgan fingerprint density at radius 2 is 1.69 bits per heavy atom. The Labute approximate surface area is 80.4 Å². The van der Waals surface area contributed by atoms with Gasteiger partial charge in [-0.2, -0.15) is 0 Å². The predicted molar refractivity (Wildman–Crippen MR) is 52.6 cm³/mol. The van der Waals surface area contributed by atoms with Gasteiger partial charge in [0.15, 0.2) is 0 Å². The van der Waals surface area contributed by atoms with Crippen LogP contribution in [0.5, 0.6) is 0 Å². The van der Waals surface area contributed by atoms with Crippen LogP contribution in [0.1, 0.15) is 32.1 Å². The van der Waals surface area contributed by atoms with Crippen molar-refractivity contribution in [1.82, 2.24) is 4.90 Å². The molecule has 78 valence electrons. The zero-order valence-electron chi connectivity index (χ0n) is 8.28. The van der Waals surface area contributed by atoms with Gasteiger partial charge in [0.1, 0.15) is 0 Å². The van der Waals surface area contributed by atoms with Crippen LogP contribution in [-0.2, 0) is 0 Å². The molecule has 0 amide bonds. The van der Waals surface area contributed by atoms with Crippen molar-refractivity contribution < 1.29 is 10.2 Å². The van der Waals surface area contributed by atoms with E-state index in [1.165, 1.54) is 25.7 Å². The highest BCUT2D eigenvalue weighted by Gasteiger charge is 2.21. The summed E-state index contributed by atoms with van der Waals surface area (Å²) in [5.41, 5.74) is 0. The average Bonchev–Trinajstić information content (AvgIpc) is 2.65. The Balaban J connectivity index is 2.26. The van der Waals surface area contributed by atoms with E-state index in [9.17, 15) is 0 Å². The fraction of sp³-hybridized carbons (Fsp3) is 1.00. The van der Waals surface area contributed by atoms with E-state index in [0.717, 1.165) is 19.5 Å². The summed E-state index contributed by atoms with van der Waals surface area (Å²) in [6.45, 7) is 2.20. The second-order valence-corrected chi connectivity index (χ2v) is 3.78. The lowest BCUT2D eigenvalue weighted by Gasteiger charge is -2.27. The molecule has 0 saturated heterocycles. The van der Waals surface area contributed by atoms with Crippen molar-refractivity contribution in [1.29, 1.82) is 0 Å². The van der Waals surface area contributed by atoms with E-state index >= 15 is 0 Å². The van der Waals surface area contributed by atoms with Gasteiger partial charge in [-0.15, -0.1) is 0 Å². The van der Waals surface area contributed by atoms with Crippen molar-refractivity contribution in [3.63, 3.8) is 0 Å². The molecule has 0 spiro atoms. The molecule has 3 nitrogen and oxygen atoms in total. The minimum atomic E-state index is 0.238. The van der Waals surface area contributed by atoms with E-state index in [0.29, 0.717) is 6.04 Å². The van der Waals surface area contributed by atoms with Gasteiger partial charge in [0.25, 0.3) is 0 Å². The molecule has 0 aromatic carbocycles. The summed E-state index contributed by atoms with van der Waals surface area (Å²) in [6, 6.07) is 0.665. The third-order valence-corrected chi connectivity index (χ3v) is 2.83. The van der Waals surface area contributed by atoms with Crippen LogP contribution < -0.4 is 0 Å². The van der Waals surface area contributed by atoms with Crippen LogP contribution in [0.3, 0.4) is 0 Å². The Morgan fingerprint density at radius 3 is 2.23 bits per heavy atom. The van der Waals surface area contributed by atoms with Gasteiger partial charge >= 0.3 is 0 Å². The van der Waals surface area contributed by atoms with Gasteiger partial charge in [0.2, 0.25) is 0 Å². The summed E-state index contributed by atoms with van der Waals surface area (Å²) < 4.78 is 0. The maximum absolute atomic E-state index is 8.89. The van der Waals surface area contributed by atoms with E-state index in [2.05, 4.69) is 4.90 Å². The zero-order valence-corrected chi connectivity index (χ0v) is 8.28. The maximum atomic E-state index is 8.89. The van der Waals surface area contributed by atoms with Crippen molar-refractivity contribution in [2.75, 3.05) is 26.3 Å². The molecule has 0 aromatic rings. The van der Waals surface area contributed by atoms with Crippen LogP contribution in [0.4, 0.5) is 0 Å². The molecule has 0 radical (unpaired) electrons. The zero-order chi connectivity index (χ0) is 9.52. The highest BCUT2D eigenvalue weighted by molar-refractivity contribution is 4.77. The van der Waals surface area contributed by atoms with Gasteiger partial charge in [0.05, 0.1) is 6.61 Å². The first-order valence-electron chi connectivity index (χ1n) is 5.34. The molecule has 1 aliphatic carbocycles. The first-order valence-corrected chi connectivity index (χ1v) is 5.34. The van der Waals surface area contributed by atoms with Crippen LogP contribution in [-0.4, -0.2) is 47.5 Å². The Bertz CT molecular complexity index is 124. The molecule has 0 heterocycles. The number of nitrogens with zero attached hydrogens (tertiary/aromatic N) is 1. The minimum absolute atomic E-state index is 0.238. The topological polar surface area (TPSA) is 43.7 Å². The van der Waals surface area contributed by atoms with Crippen LogP contribution in [0.25, 0.3) is 0 Å².